The van der Waals surface area contributed by atoms with Crippen molar-refractivity contribution >= 4 is 59.7 Å². The summed E-state index contributed by atoms with van der Waals surface area (Å²) >= 11 is 0. The second-order valence-electron chi connectivity index (χ2n) is 19.9. The average Bonchev–Trinajstić information content (AvgIpc) is 3.98. The van der Waals surface area contributed by atoms with E-state index in [1.165, 1.54) is 4.90 Å². The number of carbonyl (C=O) groups is 8. The van der Waals surface area contributed by atoms with Gasteiger partial charge >= 0.3 is 24.4 Å². The predicted molar refractivity (Wildman–Crippen MR) is 238 cm³/mol. The molecule has 4 unspecified atom stereocenters. The normalized spacial score (nSPS) is 26.0. The second-order valence-corrected chi connectivity index (χ2v) is 19.9. The Balaban J connectivity index is 0.000000290. The highest BCUT2D eigenvalue weighted by atomic mass is 16.6. The van der Waals surface area contributed by atoms with Gasteiger partial charge in [0.1, 0.15) is 34.1 Å². The van der Waals surface area contributed by atoms with Crippen LogP contribution in [-0.4, -0.2) is 130 Å². The number of fused-ring (bicyclic) bond motifs is 10. The van der Waals surface area contributed by atoms with Gasteiger partial charge in [-0.05, 0) is 95.9 Å². The predicted octanol–water partition coefficient (Wildman–Crippen LogP) is 5.03. The molecule has 6 aliphatic heterocycles. The van der Waals surface area contributed by atoms with Crippen molar-refractivity contribution in [3.05, 3.63) is 24.3 Å². The van der Waals surface area contributed by atoms with Gasteiger partial charge in [0.25, 0.3) is 0 Å². The van der Waals surface area contributed by atoms with Gasteiger partial charge in [-0.1, -0.05) is 31.7 Å². The highest BCUT2D eigenvalue weighted by Crippen LogP contribution is 2.45. The van der Waals surface area contributed by atoms with Crippen molar-refractivity contribution in [1.82, 2.24) is 20.9 Å². The Morgan fingerprint density at radius 1 is 0.591 bits per heavy atom. The van der Waals surface area contributed by atoms with Gasteiger partial charge in [0.2, 0.25) is 23.6 Å². The highest BCUT2D eigenvalue weighted by molar-refractivity contribution is 6.07. The van der Waals surface area contributed by atoms with Crippen LogP contribution in [0.1, 0.15) is 116 Å². The minimum atomic E-state index is -0.855. The summed E-state index contributed by atoms with van der Waals surface area (Å²) in [5.41, 5.74) is -2.81. The fourth-order valence-corrected chi connectivity index (χ4v) is 7.38. The van der Waals surface area contributed by atoms with Crippen LogP contribution in [0.5, 0.6) is 0 Å². The van der Waals surface area contributed by atoms with E-state index in [-0.39, 0.29) is 105 Å². The summed E-state index contributed by atoms with van der Waals surface area (Å²) in [6.07, 6.45) is 4.29. The van der Waals surface area contributed by atoms with Crippen molar-refractivity contribution in [2.75, 3.05) is 13.2 Å². The molecule has 0 aromatic carbocycles. The Morgan fingerprint density at radius 2 is 0.924 bits per heavy atom. The number of imide groups is 2. The molecule has 0 aliphatic carbocycles. The van der Waals surface area contributed by atoms with E-state index >= 15 is 0 Å². The lowest BCUT2D eigenvalue weighted by atomic mass is 9.85. The third-order valence-corrected chi connectivity index (χ3v) is 9.65. The summed E-state index contributed by atoms with van der Waals surface area (Å²) in [7, 11) is 0. The lowest BCUT2D eigenvalue weighted by Gasteiger charge is -2.21. The van der Waals surface area contributed by atoms with Crippen molar-refractivity contribution in [3.8, 4) is 0 Å². The number of amides is 8. The molecule has 0 aromatic rings. The van der Waals surface area contributed by atoms with Crippen LogP contribution in [0, 0.1) is 23.7 Å². The maximum absolute atomic E-state index is 12.7. The molecule has 4 bridgehead atoms. The van der Waals surface area contributed by atoms with E-state index < -0.39 is 58.6 Å². The molecule has 4 fully saturated rings. The molecule has 66 heavy (non-hydrogen) atoms. The molecule has 8 amide bonds. The number of ether oxygens (including phenoxy) is 6. The van der Waals surface area contributed by atoms with Crippen LogP contribution in [0.15, 0.2) is 34.3 Å². The molecule has 4 saturated heterocycles. The van der Waals surface area contributed by atoms with E-state index in [0.29, 0.717) is 12.8 Å². The standard InChI is InChI=1S/C22H31N3O7.C14H26N2O5.C8H7NO3.CH4/c1-21(2,3)31-19(28)23-14(24-20(29)32-22(4,5)6)8-7-11-25-17(26)15-12-9-10-13(30-12)16(15)18(25)27;1-13(2,3)20-11(18)15-10(8-7-9-17)16-12(19)21-14(4,5)6;10-7-5-3-1-2-4(12-3)6(5)8(11)9-7;/h9-10,12-13,15-16H,7-8,11H2,1-6H3,(H,23,24,28,29);17H,7-9H2,1-6H3,(H,15,16,18,19);1-6H,(H,9,10,11);1H4/t12?,13?,15-,16+;;3?,4?,5-,6+;. The van der Waals surface area contributed by atoms with Gasteiger partial charge in [0.15, 0.2) is 0 Å². The zero-order valence-electron chi connectivity index (χ0n) is 39.2. The van der Waals surface area contributed by atoms with Crippen LogP contribution in [0.2, 0.25) is 0 Å². The van der Waals surface area contributed by atoms with E-state index in [2.05, 4.69) is 25.9 Å². The Kier molecular flexibility index (Phi) is 18.1. The molecule has 0 radical (unpaired) electrons. The van der Waals surface area contributed by atoms with E-state index in [1.807, 2.05) is 24.3 Å². The van der Waals surface area contributed by atoms with Gasteiger partial charge < -0.3 is 33.5 Å². The summed E-state index contributed by atoms with van der Waals surface area (Å²) in [6, 6.07) is 0. The third-order valence-electron chi connectivity index (χ3n) is 9.65. The van der Waals surface area contributed by atoms with Crippen LogP contribution in [0.4, 0.5) is 19.2 Å². The van der Waals surface area contributed by atoms with Gasteiger partial charge in [-0.25, -0.2) is 19.2 Å². The topological polar surface area (TPSA) is 276 Å². The van der Waals surface area contributed by atoms with Gasteiger partial charge in [-0.15, -0.1) is 0 Å². The van der Waals surface area contributed by atoms with Gasteiger partial charge in [-0.3, -0.25) is 40.0 Å². The number of hydrogen-bond donors (Lipinski definition) is 4. The Bertz CT molecular complexity index is 1930. The van der Waals surface area contributed by atoms with E-state index in [9.17, 15) is 38.4 Å². The number of nitrogens with zero attached hydrogens (tertiary/aromatic N) is 3. The molecule has 0 saturated carbocycles. The molecule has 0 spiro atoms. The first kappa shape index (κ1) is 54.8. The lowest BCUT2D eigenvalue weighted by molar-refractivity contribution is -0.142. The van der Waals surface area contributed by atoms with Crippen molar-refractivity contribution in [1.29, 1.82) is 0 Å². The number of amidine groups is 2. The van der Waals surface area contributed by atoms with Crippen molar-refractivity contribution < 1.29 is 71.9 Å². The zero-order valence-corrected chi connectivity index (χ0v) is 39.2. The monoisotopic (exact) mass is 932 g/mol. The quantitative estimate of drug-likeness (QED) is 0.0857. The first-order valence-corrected chi connectivity index (χ1v) is 21.5. The molecular weight excluding hydrogens is 865 g/mol. The molecule has 0 aromatic heterocycles. The van der Waals surface area contributed by atoms with E-state index in [0.717, 1.165) is 0 Å². The number of likely N-dealkylation sites (tertiary alicyclic amines) is 1. The number of rotatable bonds is 7. The molecule has 4 N–H and O–H groups in total. The van der Waals surface area contributed by atoms with Crippen LogP contribution < -0.4 is 16.0 Å². The van der Waals surface area contributed by atoms with Gasteiger partial charge in [-0.2, -0.15) is 9.98 Å². The molecule has 21 nitrogen and oxygen atoms in total. The van der Waals surface area contributed by atoms with Crippen LogP contribution in [-0.2, 0) is 47.6 Å². The zero-order chi connectivity index (χ0) is 48.8. The Morgan fingerprint density at radius 3 is 1.26 bits per heavy atom. The minimum absolute atomic E-state index is 0. The Hall–Kier alpha value is -5.54. The van der Waals surface area contributed by atoms with Gasteiger partial charge in [0, 0.05) is 26.0 Å². The molecule has 21 heteroatoms. The Labute approximate surface area is 385 Å². The maximum Gasteiger partial charge on any atom is 0.435 e. The van der Waals surface area contributed by atoms with Gasteiger partial charge in [0.05, 0.1) is 48.1 Å². The van der Waals surface area contributed by atoms with E-state index in [1.54, 1.807) is 83.1 Å². The third kappa shape index (κ3) is 15.8. The molecule has 368 valence electrons. The summed E-state index contributed by atoms with van der Waals surface area (Å²) < 4.78 is 31.6. The number of hydrogen-bond acceptors (Lipinski definition) is 15. The van der Waals surface area contributed by atoms with Crippen LogP contribution >= 0.6 is 0 Å². The molecule has 6 rings (SSSR count). The number of aliphatic hydroxyl groups is 1. The van der Waals surface area contributed by atoms with Crippen molar-refractivity contribution in [2.24, 2.45) is 33.7 Å². The van der Waals surface area contributed by atoms with E-state index in [4.69, 9.17) is 33.5 Å². The SMILES string of the molecule is C.CC(C)(C)OC(=O)N=C(CCCN1C(=O)[C@@H]2C3C=CC(O3)[C@@H]2C1=O)NC(=O)OC(C)(C)C.CC(C)(C)OC(=O)N=C(CCCO)NC(=O)OC(C)(C)C.O=C1NC(=O)[C@H]2C3C=CC(O3)[C@@H]12. The smallest absolute Gasteiger partial charge is 0.435 e. The summed E-state index contributed by atoms with van der Waals surface area (Å²) in [5.74, 6) is -2.15. The highest BCUT2D eigenvalue weighted by Gasteiger charge is 2.60. The molecule has 6 aliphatic rings. The maximum atomic E-state index is 12.7. The number of aliphatic imine (C=N–C) groups is 2. The largest absolute Gasteiger partial charge is 0.444 e. The van der Waals surface area contributed by atoms with Crippen molar-refractivity contribution in [3.63, 3.8) is 0 Å². The fourth-order valence-electron chi connectivity index (χ4n) is 7.38. The lowest BCUT2D eigenvalue weighted by Crippen LogP contribution is -2.38. The summed E-state index contributed by atoms with van der Waals surface area (Å²) in [5, 5.41) is 16.0. The number of alkyl carbamates (subject to hydrolysis) is 2. The summed E-state index contributed by atoms with van der Waals surface area (Å²) in [4.78, 5) is 104. The first-order chi connectivity index (χ1) is 29.9. The van der Waals surface area contributed by atoms with Crippen LogP contribution in [0.25, 0.3) is 0 Å². The number of nitrogens with one attached hydrogen (secondary N) is 3. The molecular formula is C45H68N6O15. The first-order valence-electron chi connectivity index (χ1n) is 21.5. The number of carbonyl (C=O) groups excluding carboxylic acids is 8. The number of aliphatic hydroxyl groups excluding tert-OH is 1. The molecule has 6 heterocycles. The second kappa shape index (κ2) is 21.8. The summed E-state index contributed by atoms with van der Waals surface area (Å²) in [6.45, 7) is 20.6. The van der Waals surface area contributed by atoms with Crippen LogP contribution in [0.3, 0.4) is 0 Å². The molecule has 8 atom stereocenters. The average molecular weight is 933 g/mol. The van der Waals surface area contributed by atoms with Crippen molar-refractivity contribution in [2.45, 2.75) is 163 Å². The fraction of sp³-hybridized carbons (Fsp3) is 0.689. The minimum Gasteiger partial charge on any atom is -0.444 e.